The van der Waals surface area contributed by atoms with Crippen LogP contribution in [0.5, 0.6) is 0 Å². The van der Waals surface area contributed by atoms with Crippen LogP contribution < -0.4 is 5.32 Å². The van der Waals surface area contributed by atoms with E-state index in [1.807, 2.05) is 0 Å². The van der Waals surface area contributed by atoms with Crippen LogP contribution in [0.25, 0.3) is 0 Å². The molecule has 0 aromatic carbocycles. The Balaban J connectivity index is 2.25. The number of alkyl halides is 1. The van der Waals surface area contributed by atoms with Crippen molar-refractivity contribution >= 4 is 17.5 Å². The Labute approximate surface area is 97.8 Å². The maximum absolute atomic E-state index is 11.4. The van der Waals surface area contributed by atoms with Crippen LogP contribution >= 0.6 is 11.6 Å². The van der Waals surface area contributed by atoms with Gasteiger partial charge in [-0.2, -0.15) is 0 Å². The lowest BCUT2D eigenvalue weighted by Crippen LogP contribution is -2.26. The predicted octanol–water partition coefficient (Wildman–Crippen LogP) is 2.80. The number of hydrogen-bond donors (Lipinski definition) is 1. The molecule has 0 spiro atoms. The van der Waals surface area contributed by atoms with Gasteiger partial charge < -0.3 is 5.32 Å². The van der Waals surface area contributed by atoms with Gasteiger partial charge in [0.15, 0.2) is 0 Å². The van der Waals surface area contributed by atoms with E-state index in [-0.39, 0.29) is 5.91 Å². The van der Waals surface area contributed by atoms with Crippen molar-refractivity contribution in [3.8, 4) is 0 Å². The van der Waals surface area contributed by atoms with E-state index in [1.54, 1.807) is 0 Å². The Bertz CT molecular complexity index is 234. The molecular formula is C12H22ClNO. The summed E-state index contributed by atoms with van der Waals surface area (Å²) in [6.45, 7) is 9.87. The summed E-state index contributed by atoms with van der Waals surface area (Å²) < 4.78 is 0. The number of carbonyl (C=O) groups excluding carboxylic acids is 1. The third kappa shape index (κ3) is 2.47. The van der Waals surface area contributed by atoms with Gasteiger partial charge in [-0.3, -0.25) is 4.79 Å². The van der Waals surface area contributed by atoms with E-state index in [0.29, 0.717) is 29.0 Å². The Kier molecular flexibility index (Phi) is 3.70. The highest BCUT2D eigenvalue weighted by Crippen LogP contribution is 2.67. The molecule has 0 bridgehead atoms. The zero-order chi connectivity index (χ0) is 11.7. The summed E-state index contributed by atoms with van der Waals surface area (Å²) in [4.78, 5) is 11.4. The Morgan fingerprint density at radius 2 is 1.80 bits per heavy atom. The molecule has 15 heavy (non-hydrogen) atoms. The summed E-state index contributed by atoms with van der Waals surface area (Å²) >= 11 is 5.53. The molecule has 88 valence electrons. The Morgan fingerprint density at radius 1 is 1.27 bits per heavy atom. The Morgan fingerprint density at radius 3 is 2.20 bits per heavy atom. The number of carbonyl (C=O) groups is 1. The molecule has 0 heterocycles. The summed E-state index contributed by atoms with van der Waals surface area (Å²) in [5.74, 6) is 1.30. The fourth-order valence-electron chi connectivity index (χ4n) is 2.38. The highest BCUT2D eigenvalue weighted by molar-refractivity contribution is 6.17. The van der Waals surface area contributed by atoms with E-state index in [4.69, 9.17) is 11.6 Å². The largest absolute Gasteiger partial charge is 0.356 e. The smallest absolute Gasteiger partial charge is 0.220 e. The van der Waals surface area contributed by atoms with Gasteiger partial charge in [0.25, 0.3) is 0 Å². The molecule has 0 aliphatic heterocycles. The highest BCUT2D eigenvalue weighted by atomic mass is 35.5. The van der Waals surface area contributed by atoms with Crippen LogP contribution in [-0.2, 0) is 4.79 Å². The minimum atomic E-state index is 0.133. The van der Waals surface area contributed by atoms with E-state index < -0.39 is 0 Å². The highest BCUT2D eigenvalue weighted by Gasteiger charge is 2.64. The van der Waals surface area contributed by atoms with Gasteiger partial charge in [-0.25, -0.2) is 0 Å². The molecule has 2 nitrogen and oxygen atoms in total. The van der Waals surface area contributed by atoms with Crippen molar-refractivity contribution < 1.29 is 4.79 Å². The number of nitrogens with one attached hydrogen (secondary N) is 1. The van der Waals surface area contributed by atoms with Crippen LogP contribution in [-0.4, -0.2) is 18.3 Å². The molecule has 1 aliphatic carbocycles. The minimum absolute atomic E-state index is 0.133. The van der Waals surface area contributed by atoms with Gasteiger partial charge in [-0.15, -0.1) is 11.6 Å². The first-order valence-electron chi connectivity index (χ1n) is 5.66. The van der Waals surface area contributed by atoms with E-state index in [1.165, 1.54) is 0 Å². The van der Waals surface area contributed by atoms with Crippen molar-refractivity contribution in [3.63, 3.8) is 0 Å². The molecule has 1 amide bonds. The standard InChI is InChI=1S/C12H22ClNO/c1-11(2)9(12(11,3)4)8-14-10(15)6-5-7-13/h9H,5-8H2,1-4H3,(H,14,15). The molecule has 1 rings (SSSR count). The minimum Gasteiger partial charge on any atom is -0.356 e. The zero-order valence-corrected chi connectivity index (χ0v) is 10.9. The van der Waals surface area contributed by atoms with E-state index in [0.717, 1.165) is 13.0 Å². The van der Waals surface area contributed by atoms with Crippen LogP contribution in [0.3, 0.4) is 0 Å². The molecular weight excluding hydrogens is 210 g/mol. The van der Waals surface area contributed by atoms with Crippen molar-refractivity contribution in [3.05, 3.63) is 0 Å². The molecule has 0 atom stereocenters. The lowest BCUT2D eigenvalue weighted by Gasteiger charge is -2.05. The maximum Gasteiger partial charge on any atom is 0.220 e. The van der Waals surface area contributed by atoms with E-state index in [9.17, 15) is 4.79 Å². The van der Waals surface area contributed by atoms with Gasteiger partial charge in [-0.05, 0) is 23.2 Å². The summed E-state index contributed by atoms with van der Waals surface area (Å²) in [7, 11) is 0. The average molecular weight is 232 g/mol. The first-order chi connectivity index (χ1) is 6.84. The molecule has 0 aromatic heterocycles. The number of hydrogen-bond acceptors (Lipinski definition) is 1. The molecule has 0 radical (unpaired) electrons. The molecule has 0 aromatic rings. The topological polar surface area (TPSA) is 29.1 Å². The summed E-state index contributed by atoms with van der Waals surface area (Å²) in [5.41, 5.74) is 0.708. The Hall–Kier alpha value is -0.240. The molecule has 1 aliphatic rings. The first kappa shape index (κ1) is 12.8. The van der Waals surface area contributed by atoms with Gasteiger partial charge in [0, 0.05) is 18.8 Å². The van der Waals surface area contributed by atoms with Gasteiger partial charge in [-0.1, -0.05) is 27.7 Å². The molecule has 0 unspecified atom stereocenters. The van der Waals surface area contributed by atoms with Crippen LogP contribution in [0.2, 0.25) is 0 Å². The van der Waals surface area contributed by atoms with Crippen LogP contribution in [0.1, 0.15) is 40.5 Å². The van der Waals surface area contributed by atoms with Crippen molar-refractivity contribution in [2.75, 3.05) is 12.4 Å². The fourth-order valence-corrected chi connectivity index (χ4v) is 2.51. The summed E-state index contributed by atoms with van der Waals surface area (Å²) in [6.07, 6.45) is 1.32. The molecule has 0 saturated heterocycles. The van der Waals surface area contributed by atoms with Crippen LogP contribution in [0.4, 0.5) is 0 Å². The van der Waals surface area contributed by atoms with Crippen molar-refractivity contribution in [1.82, 2.24) is 5.32 Å². The third-order valence-electron chi connectivity index (χ3n) is 4.36. The lowest BCUT2D eigenvalue weighted by molar-refractivity contribution is -0.121. The summed E-state index contributed by atoms with van der Waals surface area (Å²) in [5, 5.41) is 2.99. The zero-order valence-electron chi connectivity index (χ0n) is 10.2. The summed E-state index contributed by atoms with van der Waals surface area (Å²) in [6, 6.07) is 0. The van der Waals surface area contributed by atoms with Gasteiger partial charge in [0.05, 0.1) is 0 Å². The van der Waals surface area contributed by atoms with E-state index >= 15 is 0 Å². The lowest BCUT2D eigenvalue weighted by atomic mass is 10.0. The van der Waals surface area contributed by atoms with Crippen LogP contribution in [0.15, 0.2) is 0 Å². The second kappa shape index (κ2) is 4.32. The van der Waals surface area contributed by atoms with Gasteiger partial charge in [0.1, 0.15) is 0 Å². The second-order valence-corrected chi connectivity index (χ2v) is 5.97. The monoisotopic (exact) mass is 231 g/mol. The number of halogens is 1. The average Bonchev–Trinajstić information content (AvgIpc) is 2.51. The van der Waals surface area contributed by atoms with Gasteiger partial charge in [0.2, 0.25) is 5.91 Å². The number of amides is 1. The van der Waals surface area contributed by atoms with Crippen molar-refractivity contribution in [2.24, 2.45) is 16.7 Å². The third-order valence-corrected chi connectivity index (χ3v) is 4.63. The molecule has 1 saturated carbocycles. The maximum atomic E-state index is 11.4. The van der Waals surface area contributed by atoms with Crippen molar-refractivity contribution in [2.45, 2.75) is 40.5 Å². The number of rotatable bonds is 5. The van der Waals surface area contributed by atoms with Crippen molar-refractivity contribution in [1.29, 1.82) is 0 Å². The van der Waals surface area contributed by atoms with Crippen LogP contribution in [0, 0.1) is 16.7 Å². The fraction of sp³-hybridized carbons (Fsp3) is 0.917. The molecule has 1 N–H and O–H groups in total. The molecule has 3 heteroatoms. The van der Waals surface area contributed by atoms with Gasteiger partial charge >= 0.3 is 0 Å². The quantitative estimate of drug-likeness (QED) is 0.725. The normalized spacial score (nSPS) is 22.5. The van der Waals surface area contributed by atoms with E-state index in [2.05, 4.69) is 33.0 Å². The SMILES string of the molecule is CC1(C)C(CNC(=O)CCCCl)C1(C)C. The first-order valence-corrected chi connectivity index (χ1v) is 6.20. The predicted molar refractivity (Wildman–Crippen MR) is 64.0 cm³/mol. The second-order valence-electron chi connectivity index (χ2n) is 5.59. The molecule has 1 fully saturated rings.